The highest BCUT2D eigenvalue weighted by atomic mass is 16.7. The second kappa shape index (κ2) is 7.35. The molecular weight excluding hydrogens is 296 g/mol. The molecule has 1 heterocycles. The van der Waals surface area contributed by atoms with Crippen molar-refractivity contribution >= 4 is 11.8 Å². The molecule has 2 aliphatic rings. The molecule has 6 nitrogen and oxygen atoms in total. The van der Waals surface area contributed by atoms with Crippen molar-refractivity contribution in [2.24, 2.45) is 0 Å². The maximum absolute atomic E-state index is 11.9. The Labute approximate surface area is 135 Å². The maximum atomic E-state index is 11.9. The largest absolute Gasteiger partial charge is 0.454 e. The molecule has 0 atom stereocenters. The predicted octanol–water partition coefficient (Wildman–Crippen LogP) is 1.52. The zero-order valence-electron chi connectivity index (χ0n) is 13.1. The van der Waals surface area contributed by atoms with Crippen LogP contribution in [0.1, 0.15) is 37.7 Å². The Morgan fingerprint density at radius 2 is 1.87 bits per heavy atom. The summed E-state index contributed by atoms with van der Waals surface area (Å²) >= 11 is 0. The van der Waals surface area contributed by atoms with Gasteiger partial charge in [0.2, 0.25) is 18.6 Å². The Hall–Kier alpha value is -2.24. The summed E-state index contributed by atoms with van der Waals surface area (Å²) in [6.07, 6.45) is 5.11. The monoisotopic (exact) mass is 318 g/mol. The van der Waals surface area contributed by atoms with Crippen molar-refractivity contribution < 1.29 is 19.1 Å². The van der Waals surface area contributed by atoms with Crippen molar-refractivity contribution in [3.8, 4) is 11.5 Å². The van der Waals surface area contributed by atoms with Crippen molar-refractivity contribution in [1.29, 1.82) is 0 Å². The van der Waals surface area contributed by atoms with Crippen LogP contribution in [0.25, 0.3) is 0 Å². The van der Waals surface area contributed by atoms with Crippen LogP contribution in [0.4, 0.5) is 0 Å². The molecule has 1 fully saturated rings. The molecule has 0 saturated heterocycles. The topological polar surface area (TPSA) is 76.7 Å². The summed E-state index contributed by atoms with van der Waals surface area (Å²) in [5, 5.41) is 5.79. The van der Waals surface area contributed by atoms with Crippen LogP contribution in [0.3, 0.4) is 0 Å². The lowest BCUT2D eigenvalue weighted by molar-refractivity contribution is -0.122. The summed E-state index contributed by atoms with van der Waals surface area (Å²) in [5.41, 5.74) is 0.863. The first-order chi connectivity index (χ1) is 11.2. The van der Waals surface area contributed by atoms with Crippen LogP contribution in [0.2, 0.25) is 0 Å². The molecule has 1 aliphatic carbocycles. The Bertz CT molecular complexity index is 582. The molecule has 1 saturated carbocycles. The number of carbonyl (C=O) groups excluding carboxylic acids is 2. The van der Waals surface area contributed by atoms with E-state index in [1.807, 2.05) is 12.1 Å². The first-order valence-electron chi connectivity index (χ1n) is 8.15. The van der Waals surface area contributed by atoms with Crippen molar-refractivity contribution in [2.75, 3.05) is 13.3 Å². The van der Waals surface area contributed by atoms with Gasteiger partial charge in [-0.25, -0.2) is 0 Å². The Morgan fingerprint density at radius 1 is 1.09 bits per heavy atom. The van der Waals surface area contributed by atoms with Crippen molar-refractivity contribution in [1.82, 2.24) is 10.6 Å². The number of carbonyl (C=O) groups is 2. The van der Waals surface area contributed by atoms with E-state index in [0.29, 0.717) is 30.5 Å². The summed E-state index contributed by atoms with van der Waals surface area (Å²) < 4.78 is 10.5. The zero-order chi connectivity index (χ0) is 16.1. The van der Waals surface area contributed by atoms with Gasteiger partial charge in [-0.2, -0.15) is 0 Å². The van der Waals surface area contributed by atoms with Crippen LogP contribution in [0.5, 0.6) is 11.5 Å². The average molecular weight is 318 g/mol. The minimum Gasteiger partial charge on any atom is -0.454 e. The summed E-state index contributed by atoms with van der Waals surface area (Å²) in [4.78, 5) is 23.7. The molecule has 6 heteroatoms. The van der Waals surface area contributed by atoms with Gasteiger partial charge in [-0.3, -0.25) is 9.59 Å². The highest BCUT2D eigenvalue weighted by Crippen LogP contribution is 2.32. The molecule has 23 heavy (non-hydrogen) atoms. The molecule has 0 spiro atoms. The standard InChI is InChI=1S/C17H22N2O4/c20-16(19-13-3-1-2-4-13)7-8-18-17(21)10-12-5-6-14-15(9-12)23-11-22-14/h5-6,9,13H,1-4,7-8,10-11H2,(H,18,21)(H,19,20). The summed E-state index contributed by atoms with van der Waals surface area (Å²) in [6.45, 7) is 0.586. The van der Waals surface area contributed by atoms with Crippen molar-refractivity contribution in [3.05, 3.63) is 23.8 Å². The van der Waals surface area contributed by atoms with E-state index in [0.717, 1.165) is 18.4 Å². The summed E-state index contributed by atoms with van der Waals surface area (Å²) in [6, 6.07) is 5.79. The van der Waals surface area contributed by atoms with Crippen LogP contribution in [0.15, 0.2) is 18.2 Å². The van der Waals surface area contributed by atoms with Gasteiger partial charge in [0.15, 0.2) is 11.5 Å². The highest BCUT2D eigenvalue weighted by molar-refractivity contribution is 5.80. The molecule has 1 aliphatic heterocycles. The zero-order valence-corrected chi connectivity index (χ0v) is 13.1. The number of nitrogens with one attached hydrogen (secondary N) is 2. The second-order valence-corrected chi connectivity index (χ2v) is 6.01. The minimum absolute atomic E-state index is 0.0141. The van der Waals surface area contributed by atoms with Gasteiger partial charge in [0.25, 0.3) is 0 Å². The van der Waals surface area contributed by atoms with Crippen LogP contribution >= 0.6 is 0 Å². The molecule has 2 N–H and O–H groups in total. The molecular formula is C17H22N2O4. The van der Waals surface area contributed by atoms with E-state index in [9.17, 15) is 9.59 Å². The molecule has 1 aromatic rings. The number of hydrogen-bond donors (Lipinski definition) is 2. The molecule has 0 aromatic heterocycles. The summed E-state index contributed by atoms with van der Waals surface area (Å²) in [5.74, 6) is 1.29. The van der Waals surface area contributed by atoms with E-state index in [1.54, 1.807) is 6.07 Å². The molecule has 0 radical (unpaired) electrons. The average Bonchev–Trinajstić information content (AvgIpc) is 3.17. The fraction of sp³-hybridized carbons (Fsp3) is 0.529. The predicted molar refractivity (Wildman–Crippen MR) is 84.3 cm³/mol. The van der Waals surface area contributed by atoms with E-state index in [-0.39, 0.29) is 25.0 Å². The van der Waals surface area contributed by atoms with Gasteiger partial charge in [-0.15, -0.1) is 0 Å². The van der Waals surface area contributed by atoms with Crippen LogP contribution < -0.4 is 20.1 Å². The fourth-order valence-electron chi connectivity index (χ4n) is 2.98. The van der Waals surface area contributed by atoms with Crippen molar-refractivity contribution in [3.63, 3.8) is 0 Å². The number of benzene rings is 1. The van der Waals surface area contributed by atoms with Gasteiger partial charge in [0, 0.05) is 19.0 Å². The van der Waals surface area contributed by atoms with Crippen LogP contribution in [-0.4, -0.2) is 31.2 Å². The van der Waals surface area contributed by atoms with Gasteiger partial charge in [0.05, 0.1) is 6.42 Å². The fourth-order valence-corrected chi connectivity index (χ4v) is 2.98. The van der Waals surface area contributed by atoms with Gasteiger partial charge >= 0.3 is 0 Å². The van der Waals surface area contributed by atoms with Crippen molar-refractivity contribution in [2.45, 2.75) is 44.6 Å². The number of fused-ring (bicyclic) bond motifs is 1. The van der Waals surface area contributed by atoms with Crippen LogP contribution in [-0.2, 0) is 16.0 Å². The normalized spacial score (nSPS) is 16.3. The van der Waals surface area contributed by atoms with E-state index in [2.05, 4.69) is 10.6 Å². The number of rotatable bonds is 6. The van der Waals surface area contributed by atoms with E-state index in [4.69, 9.17) is 9.47 Å². The second-order valence-electron chi connectivity index (χ2n) is 6.01. The van der Waals surface area contributed by atoms with Gasteiger partial charge < -0.3 is 20.1 Å². The molecule has 3 rings (SSSR count). The van der Waals surface area contributed by atoms with Gasteiger partial charge in [-0.05, 0) is 30.5 Å². The maximum Gasteiger partial charge on any atom is 0.231 e. The third kappa shape index (κ3) is 4.37. The first kappa shape index (κ1) is 15.6. The summed E-state index contributed by atoms with van der Waals surface area (Å²) in [7, 11) is 0. The molecule has 2 amide bonds. The third-order valence-corrected chi connectivity index (χ3v) is 4.20. The smallest absolute Gasteiger partial charge is 0.231 e. The van der Waals surface area contributed by atoms with E-state index < -0.39 is 0 Å². The highest BCUT2D eigenvalue weighted by Gasteiger charge is 2.17. The van der Waals surface area contributed by atoms with E-state index in [1.165, 1.54) is 12.8 Å². The Balaban J connectivity index is 1.37. The Kier molecular flexibility index (Phi) is 5.00. The molecule has 0 unspecified atom stereocenters. The molecule has 0 bridgehead atoms. The lowest BCUT2D eigenvalue weighted by Crippen LogP contribution is -2.35. The molecule has 1 aromatic carbocycles. The van der Waals surface area contributed by atoms with Gasteiger partial charge in [-0.1, -0.05) is 18.9 Å². The SMILES string of the molecule is O=C(Cc1ccc2c(c1)OCO2)NCCC(=O)NC1CCCC1. The number of amides is 2. The minimum atomic E-state index is -0.0995. The van der Waals surface area contributed by atoms with Gasteiger partial charge in [0.1, 0.15) is 0 Å². The number of ether oxygens (including phenoxy) is 2. The quantitative estimate of drug-likeness (QED) is 0.834. The lowest BCUT2D eigenvalue weighted by atomic mass is 10.1. The first-order valence-corrected chi connectivity index (χ1v) is 8.15. The third-order valence-electron chi connectivity index (χ3n) is 4.20. The van der Waals surface area contributed by atoms with Crippen LogP contribution in [0, 0.1) is 0 Å². The number of hydrogen-bond acceptors (Lipinski definition) is 4. The Morgan fingerprint density at radius 3 is 2.70 bits per heavy atom. The molecule has 124 valence electrons. The lowest BCUT2D eigenvalue weighted by Gasteiger charge is -2.12. The van der Waals surface area contributed by atoms with E-state index >= 15 is 0 Å².